The average Bonchev–Trinajstić information content (AvgIpc) is 3.49. The predicted molar refractivity (Wildman–Crippen MR) is 127 cm³/mol. The van der Waals surface area contributed by atoms with E-state index in [9.17, 15) is 0 Å². The fraction of sp³-hybridized carbons (Fsp3) is 0.280. The van der Waals surface area contributed by atoms with Crippen LogP contribution in [0, 0.1) is 0 Å². The molecule has 0 saturated carbocycles. The van der Waals surface area contributed by atoms with Crippen molar-refractivity contribution in [2.24, 2.45) is 7.05 Å². The molecule has 166 valence electrons. The van der Waals surface area contributed by atoms with Crippen molar-refractivity contribution in [2.45, 2.75) is 12.8 Å². The molecule has 8 heteroatoms. The molecule has 1 atom stereocenters. The van der Waals surface area contributed by atoms with E-state index in [4.69, 9.17) is 14.7 Å². The van der Waals surface area contributed by atoms with Crippen LogP contribution < -0.4 is 4.90 Å². The number of rotatable bonds is 4. The molecule has 0 aliphatic carbocycles. The molecule has 0 bridgehead atoms. The number of aryl methyl sites for hydroxylation is 1. The normalized spacial score (nSPS) is 15.4. The van der Waals surface area contributed by atoms with Crippen LogP contribution in [0.3, 0.4) is 0 Å². The molecule has 0 radical (unpaired) electrons. The fourth-order valence-corrected chi connectivity index (χ4v) is 4.49. The van der Waals surface area contributed by atoms with Gasteiger partial charge in [-0.3, -0.25) is 9.67 Å². The van der Waals surface area contributed by atoms with E-state index in [2.05, 4.69) is 46.3 Å². The molecule has 1 aliphatic rings. The fourth-order valence-electron chi connectivity index (χ4n) is 4.49. The number of ether oxygens (including phenoxy) is 1. The monoisotopic (exact) mass is 439 g/mol. The molecule has 5 aromatic rings. The van der Waals surface area contributed by atoms with Gasteiger partial charge in [0.05, 0.1) is 48.7 Å². The van der Waals surface area contributed by atoms with E-state index in [0.717, 1.165) is 65.4 Å². The van der Waals surface area contributed by atoms with E-state index >= 15 is 0 Å². The Balaban J connectivity index is 1.37. The van der Waals surface area contributed by atoms with Crippen LogP contribution in [0.4, 0.5) is 5.69 Å². The Morgan fingerprint density at radius 1 is 1.00 bits per heavy atom. The summed E-state index contributed by atoms with van der Waals surface area (Å²) < 4.78 is 9.12. The zero-order chi connectivity index (χ0) is 22.4. The van der Waals surface area contributed by atoms with Gasteiger partial charge in [-0.1, -0.05) is 13.0 Å². The molecular formula is C25H25N7O. The maximum absolute atomic E-state index is 5.49. The van der Waals surface area contributed by atoms with E-state index in [1.165, 1.54) is 5.56 Å². The third-order valence-electron chi connectivity index (χ3n) is 6.43. The third kappa shape index (κ3) is 3.62. The smallest absolute Gasteiger partial charge is 0.159 e. The van der Waals surface area contributed by atoms with Gasteiger partial charge in [-0.2, -0.15) is 10.2 Å². The first-order chi connectivity index (χ1) is 16.2. The minimum atomic E-state index is 0.135. The molecule has 5 heterocycles. The van der Waals surface area contributed by atoms with Crippen molar-refractivity contribution >= 4 is 22.2 Å². The van der Waals surface area contributed by atoms with Gasteiger partial charge in [-0.25, -0.2) is 9.50 Å². The number of morpholine rings is 1. The summed E-state index contributed by atoms with van der Waals surface area (Å²) in [6, 6.07) is 10.7. The number of anilines is 1. The Morgan fingerprint density at radius 3 is 2.70 bits per heavy atom. The maximum atomic E-state index is 5.49. The molecule has 1 aliphatic heterocycles. The lowest BCUT2D eigenvalue weighted by atomic mass is 9.94. The van der Waals surface area contributed by atoms with Crippen LogP contribution in [0.1, 0.15) is 24.0 Å². The van der Waals surface area contributed by atoms with Crippen LogP contribution in [-0.2, 0) is 11.8 Å². The average molecular weight is 440 g/mol. The summed E-state index contributed by atoms with van der Waals surface area (Å²) in [5.74, 6) is 0.135. The van der Waals surface area contributed by atoms with Crippen LogP contribution in [0.15, 0.2) is 61.3 Å². The minimum absolute atomic E-state index is 0.135. The Labute approximate surface area is 191 Å². The Kier molecular flexibility index (Phi) is 4.80. The van der Waals surface area contributed by atoms with Crippen molar-refractivity contribution < 1.29 is 4.74 Å². The number of fused-ring (bicyclic) bond motifs is 2. The quantitative estimate of drug-likeness (QED) is 0.426. The highest BCUT2D eigenvalue weighted by Gasteiger charge is 2.18. The summed E-state index contributed by atoms with van der Waals surface area (Å²) in [4.78, 5) is 12.0. The second-order valence-electron chi connectivity index (χ2n) is 8.55. The summed E-state index contributed by atoms with van der Waals surface area (Å²) in [5.41, 5.74) is 7.21. The zero-order valence-electron chi connectivity index (χ0n) is 18.7. The number of nitrogens with zero attached hydrogens (tertiary/aromatic N) is 7. The van der Waals surface area contributed by atoms with Gasteiger partial charge in [-0.05, 0) is 29.8 Å². The van der Waals surface area contributed by atoms with Crippen LogP contribution in [-0.4, -0.2) is 55.7 Å². The molecule has 1 aromatic carbocycles. The molecule has 33 heavy (non-hydrogen) atoms. The van der Waals surface area contributed by atoms with Gasteiger partial charge >= 0.3 is 0 Å². The van der Waals surface area contributed by atoms with Gasteiger partial charge in [-0.15, -0.1) is 0 Å². The molecule has 4 aromatic heterocycles. The second kappa shape index (κ2) is 7.97. The van der Waals surface area contributed by atoms with E-state index < -0.39 is 0 Å². The van der Waals surface area contributed by atoms with Crippen molar-refractivity contribution in [1.82, 2.24) is 29.4 Å². The van der Waals surface area contributed by atoms with E-state index in [1.54, 1.807) is 4.68 Å². The van der Waals surface area contributed by atoms with Crippen LogP contribution in [0.25, 0.3) is 27.8 Å². The first-order valence-electron chi connectivity index (χ1n) is 11.2. The van der Waals surface area contributed by atoms with Crippen molar-refractivity contribution in [1.29, 1.82) is 0 Å². The molecule has 1 saturated heterocycles. The number of hydrogen-bond donors (Lipinski definition) is 0. The van der Waals surface area contributed by atoms with Crippen LogP contribution in [0.2, 0.25) is 0 Å². The molecule has 0 amide bonds. The highest BCUT2D eigenvalue weighted by molar-refractivity contribution is 5.83. The first-order valence-corrected chi connectivity index (χ1v) is 11.2. The molecule has 8 nitrogen and oxygen atoms in total. The van der Waals surface area contributed by atoms with Gasteiger partial charge in [0.15, 0.2) is 5.65 Å². The topological polar surface area (TPSA) is 73.4 Å². The minimum Gasteiger partial charge on any atom is -0.378 e. The number of hydrogen-bond acceptors (Lipinski definition) is 6. The predicted octanol–water partition coefficient (Wildman–Crippen LogP) is 3.67. The van der Waals surface area contributed by atoms with Crippen LogP contribution in [0.5, 0.6) is 0 Å². The molecule has 6 rings (SSSR count). The largest absolute Gasteiger partial charge is 0.378 e. The molecular weight excluding hydrogens is 414 g/mol. The van der Waals surface area contributed by atoms with Crippen LogP contribution >= 0.6 is 0 Å². The standard InChI is InChI=1S/C25H25N7O/c1-17(22-15-28-32-6-5-24(29-25(22)32)20-13-27-30(2)16-20)18-3-4-23-19(11-18)12-21(14-26-23)31-7-9-33-10-8-31/h3-6,11-17H,7-10H2,1-2H3. The van der Waals surface area contributed by atoms with Gasteiger partial charge in [0.1, 0.15) is 0 Å². The van der Waals surface area contributed by atoms with Crippen molar-refractivity contribution in [3.63, 3.8) is 0 Å². The lowest BCUT2D eigenvalue weighted by Crippen LogP contribution is -2.36. The highest BCUT2D eigenvalue weighted by atomic mass is 16.5. The lowest BCUT2D eigenvalue weighted by Gasteiger charge is -2.28. The van der Waals surface area contributed by atoms with Crippen molar-refractivity contribution in [3.8, 4) is 11.3 Å². The maximum Gasteiger partial charge on any atom is 0.159 e. The number of benzene rings is 1. The third-order valence-corrected chi connectivity index (χ3v) is 6.43. The highest BCUT2D eigenvalue weighted by Crippen LogP contribution is 2.31. The van der Waals surface area contributed by atoms with E-state index in [1.807, 2.05) is 48.6 Å². The molecule has 1 fully saturated rings. The van der Waals surface area contributed by atoms with Gasteiger partial charge in [0, 0.05) is 55.0 Å². The Bertz CT molecular complexity index is 1450. The van der Waals surface area contributed by atoms with Gasteiger partial charge in [0.25, 0.3) is 0 Å². The molecule has 1 unspecified atom stereocenters. The summed E-state index contributed by atoms with van der Waals surface area (Å²) >= 11 is 0. The van der Waals surface area contributed by atoms with Gasteiger partial charge < -0.3 is 9.64 Å². The summed E-state index contributed by atoms with van der Waals surface area (Å²) in [6.07, 6.45) is 9.65. The van der Waals surface area contributed by atoms with Crippen molar-refractivity contribution in [3.05, 3.63) is 72.4 Å². The van der Waals surface area contributed by atoms with E-state index in [0.29, 0.717) is 0 Å². The SMILES string of the molecule is CC(c1ccc2ncc(N3CCOCC3)cc2c1)c1cnn2ccc(-c3cnn(C)c3)nc12. The molecule has 0 spiro atoms. The van der Waals surface area contributed by atoms with Gasteiger partial charge in [0.2, 0.25) is 0 Å². The second-order valence-corrected chi connectivity index (χ2v) is 8.55. The number of pyridine rings is 1. The first kappa shape index (κ1) is 19.9. The summed E-state index contributed by atoms with van der Waals surface area (Å²) in [7, 11) is 1.91. The zero-order valence-corrected chi connectivity index (χ0v) is 18.7. The van der Waals surface area contributed by atoms with E-state index in [-0.39, 0.29) is 5.92 Å². The Hall–Kier alpha value is -3.78. The lowest BCUT2D eigenvalue weighted by molar-refractivity contribution is 0.122. The molecule has 0 N–H and O–H groups in total. The van der Waals surface area contributed by atoms with Crippen molar-refractivity contribution in [2.75, 3.05) is 31.2 Å². The summed E-state index contributed by atoms with van der Waals surface area (Å²) in [5, 5.41) is 9.96. The summed E-state index contributed by atoms with van der Waals surface area (Å²) in [6.45, 7) is 5.53. The Morgan fingerprint density at radius 2 is 1.88 bits per heavy atom. The number of aromatic nitrogens is 6.